The van der Waals surface area contributed by atoms with E-state index in [4.69, 9.17) is 4.74 Å². The lowest BCUT2D eigenvalue weighted by molar-refractivity contribution is -0.137. The third-order valence-corrected chi connectivity index (χ3v) is 5.07. The number of anilines is 1. The van der Waals surface area contributed by atoms with Crippen LogP contribution < -0.4 is 9.64 Å². The van der Waals surface area contributed by atoms with Crippen molar-refractivity contribution in [1.29, 1.82) is 0 Å². The van der Waals surface area contributed by atoms with Gasteiger partial charge < -0.3 is 14.7 Å². The first-order valence-electron chi connectivity index (χ1n) is 9.25. The number of ether oxygens (including phenoxy) is 1. The van der Waals surface area contributed by atoms with Gasteiger partial charge in [0.25, 0.3) is 0 Å². The van der Waals surface area contributed by atoms with Crippen LogP contribution in [0.1, 0.15) is 24.8 Å². The second-order valence-electron chi connectivity index (χ2n) is 6.94. The largest absolute Gasteiger partial charge is 0.505 e. The topological polar surface area (TPSA) is 32.7 Å². The van der Waals surface area contributed by atoms with Crippen LogP contribution in [0.4, 0.5) is 18.9 Å². The first kappa shape index (κ1) is 18.5. The lowest BCUT2D eigenvalue weighted by Crippen LogP contribution is -2.43. The lowest BCUT2D eigenvalue weighted by Gasteiger charge is -2.37. The molecule has 0 saturated carbocycles. The molecule has 146 valence electrons. The fourth-order valence-electron chi connectivity index (χ4n) is 3.68. The summed E-state index contributed by atoms with van der Waals surface area (Å²) in [6, 6.07) is 16.2. The van der Waals surface area contributed by atoms with E-state index in [2.05, 4.69) is 0 Å². The minimum Gasteiger partial charge on any atom is -0.505 e. The molecule has 1 saturated heterocycles. The first-order chi connectivity index (χ1) is 13.4. The smallest absolute Gasteiger partial charge is 0.416 e. The molecule has 3 aromatic rings. The Hall–Kier alpha value is -2.89. The van der Waals surface area contributed by atoms with E-state index in [9.17, 15) is 18.3 Å². The van der Waals surface area contributed by atoms with Crippen molar-refractivity contribution in [3.05, 3.63) is 66.2 Å². The van der Waals surface area contributed by atoms with Gasteiger partial charge in [-0.3, -0.25) is 0 Å². The molecule has 28 heavy (non-hydrogen) atoms. The second kappa shape index (κ2) is 7.26. The molecular weight excluding hydrogens is 367 g/mol. The van der Waals surface area contributed by atoms with Crippen molar-refractivity contribution >= 4 is 16.5 Å². The fraction of sp³-hybridized carbons (Fsp3) is 0.273. The van der Waals surface area contributed by atoms with Crippen LogP contribution >= 0.6 is 0 Å². The maximum absolute atomic E-state index is 13.0. The van der Waals surface area contributed by atoms with Crippen molar-refractivity contribution < 1.29 is 23.0 Å². The molecule has 1 N–H and O–H groups in total. The van der Waals surface area contributed by atoms with E-state index in [0.29, 0.717) is 18.7 Å². The fourth-order valence-corrected chi connectivity index (χ4v) is 3.68. The van der Waals surface area contributed by atoms with Crippen molar-refractivity contribution in [1.82, 2.24) is 0 Å². The van der Waals surface area contributed by atoms with Crippen LogP contribution in [0.15, 0.2) is 60.7 Å². The number of benzene rings is 3. The molecule has 1 unspecified atom stereocenters. The van der Waals surface area contributed by atoms with Crippen LogP contribution in [0.5, 0.6) is 11.5 Å². The molecule has 0 aliphatic carbocycles. The van der Waals surface area contributed by atoms with Crippen LogP contribution in [0, 0.1) is 0 Å². The molecule has 0 bridgehead atoms. The Morgan fingerprint density at radius 2 is 1.79 bits per heavy atom. The van der Waals surface area contributed by atoms with Gasteiger partial charge in [0.15, 0.2) is 6.23 Å². The molecular formula is C22H20F3NO2. The highest BCUT2D eigenvalue weighted by Gasteiger charge is 2.32. The van der Waals surface area contributed by atoms with Crippen LogP contribution in [0.25, 0.3) is 10.8 Å². The monoisotopic (exact) mass is 387 g/mol. The number of rotatable bonds is 3. The summed E-state index contributed by atoms with van der Waals surface area (Å²) in [5, 5.41) is 12.5. The number of phenols is 1. The number of hydrogen-bond donors (Lipinski definition) is 1. The second-order valence-corrected chi connectivity index (χ2v) is 6.94. The van der Waals surface area contributed by atoms with E-state index in [-0.39, 0.29) is 11.5 Å². The van der Waals surface area contributed by atoms with Gasteiger partial charge in [-0.25, -0.2) is 0 Å². The highest BCUT2D eigenvalue weighted by Crippen LogP contribution is 2.39. The summed E-state index contributed by atoms with van der Waals surface area (Å²) in [6.45, 7) is 0.662. The third kappa shape index (κ3) is 3.59. The Bertz CT molecular complexity index is 987. The number of fused-ring (bicyclic) bond motifs is 1. The molecule has 3 aromatic carbocycles. The Morgan fingerprint density at radius 3 is 2.61 bits per heavy atom. The highest BCUT2D eigenvalue weighted by atomic mass is 19.4. The molecule has 0 aromatic heterocycles. The summed E-state index contributed by atoms with van der Waals surface area (Å²) in [5.41, 5.74) is -0.101. The van der Waals surface area contributed by atoms with E-state index in [0.717, 1.165) is 35.7 Å². The molecule has 1 heterocycles. The Labute approximate surface area is 161 Å². The molecule has 0 spiro atoms. The molecule has 1 atom stereocenters. The molecule has 1 aliphatic heterocycles. The Morgan fingerprint density at radius 1 is 0.964 bits per heavy atom. The molecule has 6 heteroatoms. The first-order valence-corrected chi connectivity index (χ1v) is 9.25. The Balaban J connectivity index is 1.65. The van der Waals surface area contributed by atoms with Gasteiger partial charge in [0, 0.05) is 18.4 Å². The lowest BCUT2D eigenvalue weighted by atomic mass is 10.0. The summed E-state index contributed by atoms with van der Waals surface area (Å²) in [5.74, 6) is 0.338. The zero-order valence-electron chi connectivity index (χ0n) is 15.1. The van der Waals surface area contributed by atoms with Crippen molar-refractivity contribution in [3.63, 3.8) is 0 Å². The molecule has 0 amide bonds. The number of halogens is 3. The van der Waals surface area contributed by atoms with Crippen LogP contribution in [-0.4, -0.2) is 17.9 Å². The van der Waals surface area contributed by atoms with E-state index in [1.165, 1.54) is 12.1 Å². The summed E-state index contributed by atoms with van der Waals surface area (Å²) in [7, 11) is 0. The average molecular weight is 387 g/mol. The maximum atomic E-state index is 13.0. The number of nitrogens with zero attached hydrogens (tertiary/aromatic N) is 1. The van der Waals surface area contributed by atoms with Crippen molar-refractivity contribution in [2.24, 2.45) is 0 Å². The number of aromatic hydroxyl groups is 1. The standard InChI is InChI=1S/C22H20F3NO2/c23-22(24,25)16-7-5-8-17(14-16)28-20-10-3-4-13-26(20)19-12-11-15-6-1-2-9-18(15)21(19)27/h1-2,5-9,11-12,14,20,27H,3-4,10,13H2. The zero-order chi connectivity index (χ0) is 19.7. The van der Waals surface area contributed by atoms with Gasteiger partial charge in [0.1, 0.15) is 11.5 Å². The van der Waals surface area contributed by atoms with Gasteiger partial charge in [-0.2, -0.15) is 13.2 Å². The van der Waals surface area contributed by atoms with Crippen molar-refractivity contribution in [2.75, 3.05) is 11.4 Å². The molecule has 4 rings (SSSR count). The van der Waals surface area contributed by atoms with Crippen LogP contribution in [0.3, 0.4) is 0 Å². The van der Waals surface area contributed by atoms with E-state index >= 15 is 0 Å². The molecule has 1 aliphatic rings. The molecule has 0 radical (unpaired) electrons. The quantitative estimate of drug-likeness (QED) is 0.602. The molecule has 3 nitrogen and oxygen atoms in total. The molecule has 1 fully saturated rings. The predicted molar refractivity (Wildman–Crippen MR) is 103 cm³/mol. The van der Waals surface area contributed by atoms with Crippen molar-refractivity contribution in [2.45, 2.75) is 31.7 Å². The van der Waals surface area contributed by atoms with Gasteiger partial charge in [-0.1, -0.05) is 36.4 Å². The van der Waals surface area contributed by atoms with E-state index in [1.54, 1.807) is 0 Å². The van der Waals surface area contributed by atoms with Crippen molar-refractivity contribution in [3.8, 4) is 11.5 Å². The van der Waals surface area contributed by atoms with Crippen LogP contribution in [-0.2, 0) is 6.18 Å². The number of alkyl halides is 3. The van der Waals surface area contributed by atoms with Gasteiger partial charge >= 0.3 is 6.18 Å². The van der Waals surface area contributed by atoms with Gasteiger partial charge in [0.2, 0.25) is 0 Å². The maximum Gasteiger partial charge on any atom is 0.416 e. The highest BCUT2D eigenvalue weighted by molar-refractivity contribution is 5.93. The van der Waals surface area contributed by atoms with E-state index < -0.39 is 18.0 Å². The summed E-state index contributed by atoms with van der Waals surface area (Å²) < 4.78 is 44.9. The minimum absolute atomic E-state index is 0.164. The number of piperidine rings is 1. The number of phenolic OH excluding ortho intramolecular Hbond substituents is 1. The predicted octanol–water partition coefficient (Wildman–Crippen LogP) is 5.96. The zero-order valence-corrected chi connectivity index (χ0v) is 15.1. The van der Waals surface area contributed by atoms with Gasteiger partial charge in [-0.05, 0) is 42.5 Å². The van der Waals surface area contributed by atoms with E-state index in [1.807, 2.05) is 41.3 Å². The Kier molecular flexibility index (Phi) is 4.79. The summed E-state index contributed by atoms with van der Waals surface area (Å²) in [4.78, 5) is 1.94. The summed E-state index contributed by atoms with van der Waals surface area (Å²) >= 11 is 0. The van der Waals surface area contributed by atoms with Gasteiger partial charge in [0.05, 0.1) is 11.3 Å². The van der Waals surface area contributed by atoms with Crippen LogP contribution in [0.2, 0.25) is 0 Å². The SMILES string of the molecule is Oc1c(N2CCCCC2Oc2cccc(C(F)(F)F)c2)ccc2ccccc12. The third-order valence-electron chi connectivity index (χ3n) is 5.07. The summed E-state index contributed by atoms with van der Waals surface area (Å²) in [6.07, 6.45) is -2.35. The normalized spacial score (nSPS) is 17.7. The average Bonchev–Trinajstić information content (AvgIpc) is 2.69. The minimum atomic E-state index is -4.41. The van der Waals surface area contributed by atoms with Gasteiger partial charge in [-0.15, -0.1) is 0 Å². The number of hydrogen-bond acceptors (Lipinski definition) is 3.